The molecule has 6 aromatic carbocycles. The molecule has 0 unspecified atom stereocenters. The summed E-state index contributed by atoms with van der Waals surface area (Å²) in [5.41, 5.74) is 16.4. The zero-order valence-electron chi connectivity index (χ0n) is 38.0. The van der Waals surface area contributed by atoms with Gasteiger partial charge in [-0.2, -0.15) is 22.7 Å². The van der Waals surface area contributed by atoms with Crippen molar-refractivity contribution in [2.45, 2.75) is 107 Å². The van der Waals surface area contributed by atoms with Gasteiger partial charge in [0.1, 0.15) is 0 Å². The van der Waals surface area contributed by atoms with Crippen molar-refractivity contribution in [2.24, 2.45) is 0 Å². The summed E-state index contributed by atoms with van der Waals surface area (Å²) in [6, 6.07) is 41.3. The van der Waals surface area contributed by atoms with Gasteiger partial charge in [-0.25, -0.2) is 0 Å². The molecule has 0 amide bonds. The molecule has 8 aromatic rings. The first-order chi connectivity index (χ1) is 28.1. The van der Waals surface area contributed by atoms with Crippen LogP contribution in [0.1, 0.15) is 84.7 Å². The van der Waals surface area contributed by atoms with Crippen LogP contribution in [-0.4, -0.2) is 5.43 Å². The predicted octanol–water partition coefficient (Wildman–Crippen LogP) is 18.5. The Bertz CT molecular complexity index is 2610. The quantitative estimate of drug-likeness (QED) is 0.122. The van der Waals surface area contributed by atoms with Crippen molar-refractivity contribution < 1.29 is 18.0 Å². The summed E-state index contributed by atoms with van der Waals surface area (Å²) in [7, 11) is 11.2. The van der Waals surface area contributed by atoms with E-state index in [1.807, 2.05) is 22.7 Å². The van der Waals surface area contributed by atoms with E-state index in [-0.39, 0.29) is 16.3 Å². The summed E-state index contributed by atoms with van der Waals surface area (Å²) in [4.78, 5) is 5.43. The first-order valence-corrected chi connectivity index (χ1v) is 35.0. The fourth-order valence-electron chi connectivity index (χ4n) is 7.69. The van der Waals surface area contributed by atoms with Crippen molar-refractivity contribution in [3.63, 3.8) is 0 Å². The third-order valence-corrected chi connectivity index (χ3v) is 33.4. The Hall–Kier alpha value is -2.82. The SMILES string of the molecule is C[Si](C)=[Zr]([Cl])[Cl].Cc1ccc(-c2cc3c(-c4ccc(C(C)(C)C)cc4)c(C)c(C)cc3[cH-]2)s1.Cc1ccc(-c2cc3c(-c4ccc(C(C)(C)C)cc4)c(C)c(C)cc3[cH-]2)s1. The molecule has 0 bridgehead atoms. The Morgan fingerprint density at radius 3 is 1.10 bits per heavy atom. The van der Waals surface area contributed by atoms with Gasteiger partial charge in [0.15, 0.2) is 0 Å². The van der Waals surface area contributed by atoms with Crippen LogP contribution in [0.5, 0.6) is 0 Å². The minimum absolute atomic E-state index is 0.181. The van der Waals surface area contributed by atoms with Gasteiger partial charge in [0.25, 0.3) is 0 Å². The van der Waals surface area contributed by atoms with Crippen molar-refractivity contribution >= 4 is 66.7 Å². The number of thiophene rings is 2. The average Bonchev–Trinajstić information content (AvgIpc) is 4.00. The maximum Gasteiger partial charge on any atom is -0.00658 e. The fraction of sp³-hybridized carbons (Fsp3) is 0.296. The van der Waals surface area contributed by atoms with Gasteiger partial charge in [-0.15, -0.1) is 69.1 Å². The van der Waals surface area contributed by atoms with Gasteiger partial charge in [0.2, 0.25) is 0 Å². The van der Waals surface area contributed by atoms with Crippen LogP contribution < -0.4 is 0 Å². The molecule has 0 radical (unpaired) electrons. The Labute approximate surface area is 383 Å². The number of halogens is 2. The summed E-state index contributed by atoms with van der Waals surface area (Å²) in [6.07, 6.45) is 0. The van der Waals surface area contributed by atoms with Gasteiger partial charge in [-0.05, 0) is 105 Å². The minimum Gasteiger partial charge on any atom is -0.182 e. The van der Waals surface area contributed by atoms with E-state index in [4.69, 9.17) is 17.0 Å². The second kappa shape index (κ2) is 18.9. The zero-order valence-corrected chi connectivity index (χ0v) is 44.6. The largest absolute Gasteiger partial charge is 0.182 e. The fourth-order valence-corrected chi connectivity index (χ4v) is 9.40. The molecule has 6 heteroatoms. The summed E-state index contributed by atoms with van der Waals surface area (Å²) in [6.45, 7) is 31.3. The topological polar surface area (TPSA) is 0 Å². The molecule has 0 aliphatic heterocycles. The van der Waals surface area contributed by atoms with E-state index in [0.717, 1.165) is 0 Å². The number of rotatable bonds is 4. The average molecular weight is 963 g/mol. The third-order valence-electron chi connectivity index (χ3n) is 11.6. The van der Waals surface area contributed by atoms with E-state index >= 15 is 0 Å². The number of hydrogen-bond acceptors (Lipinski definition) is 2. The van der Waals surface area contributed by atoms with E-state index in [1.165, 1.54) is 108 Å². The molecule has 0 saturated carbocycles. The Morgan fingerprint density at radius 1 is 0.500 bits per heavy atom. The monoisotopic (exact) mass is 960 g/mol. The van der Waals surface area contributed by atoms with E-state index in [9.17, 15) is 0 Å². The molecule has 8 rings (SSSR count). The third kappa shape index (κ3) is 10.7. The van der Waals surface area contributed by atoms with Crippen LogP contribution in [0.4, 0.5) is 0 Å². The molecule has 0 aliphatic rings. The molecule has 0 atom stereocenters. The van der Waals surface area contributed by atoms with Gasteiger partial charge in [0.05, 0.1) is 0 Å². The summed E-state index contributed by atoms with van der Waals surface area (Å²) in [5.74, 6) is 0. The maximum absolute atomic E-state index is 5.62. The van der Waals surface area contributed by atoms with Crippen molar-refractivity contribution in [3.05, 3.63) is 152 Å². The molecular weight excluding hydrogens is 903 g/mol. The van der Waals surface area contributed by atoms with Gasteiger partial charge in [-0.3, -0.25) is 0 Å². The molecular formula is C54H60Cl2S2SiZr-2. The van der Waals surface area contributed by atoms with E-state index < -0.39 is 18.0 Å². The van der Waals surface area contributed by atoms with Gasteiger partial charge in [-0.1, -0.05) is 137 Å². The molecule has 60 heavy (non-hydrogen) atoms. The van der Waals surface area contributed by atoms with Crippen LogP contribution in [0.2, 0.25) is 13.1 Å². The molecule has 2 heterocycles. The molecule has 2 aromatic heterocycles. The van der Waals surface area contributed by atoms with Gasteiger partial charge >= 0.3 is 53.5 Å². The standard InChI is InChI=1S/2C26H27S.C2H6Si.2ClH.Zr/c2*1-16-13-20-14-21(24-12-7-17(2)27-24)15-23(20)25(18(16)3)19-8-10-22(11-9-19)26(4,5)6;1-3-2;;;/h2*7-15H,1-6H3;1-2H3;2*1H;/q2*-1;;;;+2/p-2. The van der Waals surface area contributed by atoms with E-state index in [2.05, 4.69) is 205 Å². The van der Waals surface area contributed by atoms with Crippen LogP contribution >= 0.6 is 39.7 Å². The first kappa shape index (κ1) is 46.7. The van der Waals surface area contributed by atoms with Gasteiger partial charge in [0, 0.05) is 0 Å². The molecule has 0 fully saturated rings. The molecule has 0 nitrogen and oxygen atoms in total. The van der Waals surface area contributed by atoms with Crippen molar-refractivity contribution in [1.29, 1.82) is 0 Å². The van der Waals surface area contributed by atoms with E-state index in [0.29, 0.717) is 0 Å². The van der Waals surface area contributed by atoms with Crippen molar-refractivity contribution in [1.82, 2.24) is 0 Å². The van der Waals surface area contributed by atoms with Crippen LogP contribution in [0.3, 0.4) is 0 Å². The molecule has 0 N–H and O–H groups in total. The molecule has 312 valence electrons. The second-order valence-electron chi connectivity index (χ2n) is 18.6. The molecule has 0 aliphatic carbocycles. The number of fused-ring (bicyclic) bond motifs is 2. The van der Waals surface area contributed by atoms with Crippen molar-refractivity contribution in [2.75, 3.05) is 0 Å². The minimum atomic E-state index is -1.65. The number of hydrogen-bond donors (Lipinski definition) is 0. The zero-order chi connectivity index (χ0) is 43.8. The molecule has 0 spiro atoms. The van der Waals surface area contributed by atoms with Crippen LogP contribution in [0.15, 0.2) is 109 Å². The molecule has 0 saturated heterocycles. The van der Waals surface area contributed by atoms with Crippen LogP contribution in [0, 0.1) is 41.5 Å². The van der Waals surface area contributed by atoms with Crippen LogP contribution in [0.25, 0.3) is 64.7 Å². The van der Waals surface area contributed by atoms with Crippen LogP contribution in [-0.2, 0) is 28.8 Å². The number of benzene rings is 4. The maximum atomic E-state index is 5.62. The summed E-state index contributed by atoms with van der Waals surface area (Å²) in [5, 5.41) is 5.41. The normalized spacial score (nSPS) is 11.7. The first-order valence-electron chi connectivity index (χ1n) is 20.9. The van der Waals surface area contributed by atoms with Gasteiger partial charge < -0.3 is 0 Å². The predicted molar refractivity (Wildman–Crippen MR) is 272 cm³/mol. The number of aryl methyl sites for hydroxylation is 4. The summed E-state index contributed by atoms with van der Waals surface area (Å²) < 4.78 is 0. The smallest absolute Gasteiger partial charge is 0.00658 e. The van der Waals surface area contributed by atoms with E-state index in [1.54, 1.807) is 0 Å². The Balaban J connectivity index is 0.000000177. The Kier molecular flexibility index (Phi) is 14.7. The Morgan fingerprint density at radius 2 is 0.833 bits per heavy atom. The second-order valence-corrected chi connectivity index (χ2v) is 44.2. The van der Waals surface area contributed by atoms with Crippen molar-refractivity contribution in [3.8, 4) is 43.1 Å². The summed E-state index contributed by atoms with van der Waals surface area (Å²) >= 11 is 2.09.